The van der Waals surface area contributed by atoms with E-state index < -0.39 is 0 Å². The van der Waals surface area contributed by atoms with E-state index in [-0.39, 0.29) is 17.7 Å². The Morgan fingerprint density at radius 1 is 1.21 bits per heavy atom. The van der Waals surface area contributed by atoms with Crippen molar-refractivity contribution in [3.05, 3.63) is 66.5 Å². The van der Waals surface area contributed by atoms with Gasteiger partial charge in [-0.25, -0.2) is 9.67 Å². The highest BCUT2D eigenvalue weighted by Gasteiger charge is 2.29. The summed E-state index contributed by atoms with van der Waals surface area (Å²) >= 11 is 0. The van der Waals surface area contributed by atoms with Crippen LogP contribution in [0.2, 0.25) is 0 Å². The van der Waals surface area contributed by atoms with Gasteiger partial charge in [-0.2, -0.15) is 5.10 Å². The first kappa shape index (κ1) is 18.0. The van der Waals surface area contributed by atoms with E-state index >= 15 is 0 Å². The summed E-state index contributed by atoms with van der Waals surface area (Å²) in [5.74, 6) is 0.520. The molecule has 2 amide bonds. The molecule has 0 bridgehead atoms. The van der Waals surface area contributed by atoms with E-state index in [1.165, 1.54) is 6.26 Å². The van der Waals surface area contributed by atoms with Crippen LogP contribution in [0.3, 0.4) is 0 Å². The van der Waals surface area contributed by atoms with Crippen molar-refractivity contribution in [1.29, 1.82) is 0 Å². The number of hydrogen-bond acceptors (Lipinski definition) is 5. The first-order valence-electron chi connectivity index (χ1n) is 9.27. The van der Waals surface area contributed by atoms with Crippen LogP contribution in [0, 0.1) is 5.92 Å². The molecule has 0 aliphatic carbocycles. The van der Waals surface area contributed by atoms with Crippen LogP contribution in [0.5, 0.6) is 0 Å². The SMILES string of the molecule is O=C(NCc1cccnc1-n1cccn1)[C@H]1CCCN(C(=O)c2ccco2)C1. The number of likely N-dealkylation sites (tertiary alicyclic amines) is 1. The number of pyridine rings is 1. The third-order valence-electron chi connectivity index (χ3n) is 4.85. The summed E-state index contributed by atoms with van der Waals surface area (Å²) in [6.07, 6.45) is 8.22. The maximum absolute atomic E-state index is 12.7. The molecule has 8 heteroatoms. The molecule has 1 aliphatic rings. The van der Waals surface area contributed by atoms with Gasteiger partial charge in [-0.3, -0.25) is 9.59 Å². The number of furan rings is 1. The maximum Gasteiger partial charge on any atom is 0.289 e. The quantitative estimate of drug-likeness (QED) is 0.732. The normalized spacial score (nSPS) is 16.7. The largest absolute Gasteiger partial charge is 0.459 e. The predicted molar refractivity (Wildman–Crippen MR) is 101 cm³/mol. The fourth-order valence-electron chi connectivity index (χ4n) is 3.43. The molecule has 0 saturated carbocycles. The van der Waals surface area contributed by atoms with Gasteiger partial charge in [0, 0.05) is 43.8 Å². The number of piperidine rings is 1. The molecular formula is C20H21N5O3. The molecule has 4 heterocycles. The van der Waals surface area contributed by atoms with Gasteiger partial charge in [0.1, 0.15) is 0 Å². The fraction of sp³-hybridized carbons (Fsp3) is 0.300. The highest BCUT2D eigenvalue weighted by atomic mass is 16.3. The van der Waals surface area contributed by atoms with Gasteiger partial charge < -0.3 is 14.6 Å². The van der Waals surface area contributed by atoms with Crippen LogP contribution in [-0.4, -0.2) is 44.6 Å². The Balaban J connectivity index is 1.39. The van der Waals surface area contributed by atoms with Gasteiger partial charge in [-0.05, 0) is 37.1 Å². The minimum Gasteiger partial charge on any atom is -0.459 e. The van der Waals surface area contributed by atoms with E-state index in [2.05, 4.69) is 15.4 Å². The minimum absolute atomic E-state index is 0.0628. The van der Waals surface area contributed by atoms with E-state index in [0.29, 0.717) is 31.2 Å². The number of rotatable bonds is 5. The predicted octanol–water partition coefficient (Wildman–Crippen LogP) is 2.03. The number of nitrogens with one attached hydrogen (secondary N) is 1. The summed E-state index contributed by atoms with van der Waals surface area (Å²) in [7, 11) is 0. The van der Waals surface area contributed by atoms with Crippen LogP contribution in [-0.2, 0) is 11.3 Å². The Morgan fingerprint density at radius 3 is 2.93 bits per heavy atom. The fourth-order valence-corrected chi connectivity index (χ4v) is 3.43. The molecule has 8 nitrogen and oxygen atoms in total. The zero-order valence-electron chi connectivity index (χ0n) is 15.3. The summed E-state index contributed by atoms with van der Waals surface area (Å²) in [4.78, 5) is 31.2. The molecule has 3 aromatic heterocycles. The number of amides is 2. The van der Waals surface area contributed by atoms with Crippen LogP contribution in [0.1, 0.15) is 29.0 Å². The van der Waals surface area contributed by atoms with Crippen LogP contribution in [0.25, 0.3) is 5.82 Å². The van der Waals surface area contributed by atoms with Gasteiger partial charge in [0.15, 0.2) is 11.6 Å². The second-order valence-corrected chi connectivity index (χ2v) is 6.72. The molecule has 1 aliphatic heterocycles. The van der Waals surface area contributed by atoms with Gasteiger partial charge in [0.05, 0.1) is 12.2 Å². The van der Waals surface area contributed by atoms with Gasteiger partial charge in [-0.15, -0.1) is 0 Å². The first-order valence-corrected chi connectivity index (χ1v) is 9.27. The topological polar surface area (TPSA) is 93.3 Å². The lowest BCUT2D eigenvalue weighted by Crippen LogP contribution is -2.45. The molecule has 1 atom stereocenters. The molecule has 1 N–H and O–H groups in total. The first-order chi connectivity index (χ1) is 13.7. The van der Waals surface area contributed by atoms with E-state index in [9.17, 15) is 9.59 Å². The number of nitrogens with zero attached hydrogens (tertiary/aromatic N) is 4. The molecule has 1 fully saturated rings. The molecule has 0 unspecified atom stereocenters. The molecular weight excluding hydrogens is 358 g/mol. The zero-order valence-corrected chi connectivity index (χ0v) is 15.3. The lowest BCUT2D eigenvalue weighted by Gasteiger charge is -2.31. The third kappa shape index (κ3) is 3.80. The summed E-state index contributed by atoms with van der Waals surface area (Å²) < 4.78 is 6.86. The number of aromatic nitrogens is 3. The van der Waals surface area contributed by atoms with Gasteiger partial charge in [0.25, 0.3) is 5.91 Å². The lowest BCUT2D eigenvalue weighted by molar-refractivity contribution is -0.126. The molecule has 28 heavy (non-hydrogen) atoms. The highest BCUT2D eigenvalue weighted by molar-refractivity contribution is 5.92. The van der Waals surface area contributed by atoms with Crippen LogP contribution >= 0.6 is 0 Å². The monoisotopic (exact) mass is 379 g/mol. The standard InChI is InChI=1S/C20H21N5O3/c26-19(16-6-2-10-24(14-16)20(27)17-7-3-12-28-17)22-13-15-5-1-8-21-18(15)25-11-4-9-23-25/h1,3-5,7-9,11-12,16H,2,6,10,13-14H2,(H,22,26)/t16-/m0/s1. The minimum atomic E-state index is -0.238. The molecule has 144 valence electrons. The van der Waals surface area contributed by atoms with Crippen molar-refractivity contribution in [2.75, 3.05) is 13.1 Å². The second-order valence-electron chi connectivity index (χ2n) is 6.72. The highest BCUT2D eigenvalue weighted by Crippen LogP contribution is 2.19. The van der Waals surface area contributed by atoms with E-state index in [4.69, 9.17) is 4.42 Å². The lowest BCUT2D eigenvalue weighted by atomic mass is 9.97. The van der Waals surface area contributed by atoms with Crippen molar-refractivity contribution in [3.63, 3.8) is 0 Å². The number of carbonyl (C=O) groups is 2. The van der Waals surface area contributed by atoms with Crippen LogP contribution < -0.4 is 5.32 Å². The number of hydrogen-bond donors (Lipinski definition) is 1. The Labute approximate surface area is 162 Å². The van der Waals surface area contributed by atoms with Crippen molar-refractivity contribution in [3.8, 4) is 5.82 Å². The van der Waals surface area contributed by atoms with Crippen LogP contribution in [0.15, 0.2) is 59.6 Å². The zero-order chi connectivity index (χ0) is 19.3. The average molecular weight is 379 g/mol. The molecule has 1 saturated heterocycles. The maximum atomic E-state index is 12.7. The summed E-state index contributed by atoms with van der Waals surface area (Å²) in [6.45, 7) is 1.38. The smallest absolute Gasteiger partial charge is 0.289 e. The van der Waals surface area contributed by atoms with E-state index in [1.807, 2.05) is 24.4 Å². The summed E-state index contributed by atoms with van der Waals surface area (Å²) in [5.41, 5.74) is 0.874. The Hall–Kier alpha value is -3.42. The van der Waals surface area contributed by atoms with Crippen molar-refractivity contribution in [1.82, 2.24) is 25.0 Å². The van der Waals surface area contributed by atoms with E-state index in [1.54, 1.807) is 34.1 Å². The molecule has 0 radical (unpaired) electrons. The summed E-state index contributed by atoms with van der Waals surface area (Å²) in [6, 6.07) is 8.90. The van der Waals surface area contributed by atoms with Crippen molar-refractivity contribution in [2.24, 2.45) is 5.92 Å². The van der Waals surface area contributed by atoms with Crippen LogP contribution in [0.4, 0.5) is 0 Å². The second kappa shape index (κ2) is 8.08. The average Bonchev–Trinajstić information content (AvgIpc) is 3.46. The van der Waals surface area contributed by atoms with Gasteiger partial charge in [-0.1, -0.05) is 6.07 Å². The van der Waals surface area contributed by atoms with Crippen molar-refractivity contribution in [2.45, 2.75) is 19.4 Å². The Bertz CT molecular complexity index is 937. The molecule has 0 aromatic carbocycles. The molecule has 4 rings (SSSR count). The van der Waals surface area contributed by atoms with Gasteiger partial charge in [0.2, 0.25) is 5.91 Å². The third-order valence-corrected chi connectivity index (χ3v) is 4.85. The van der Waals surface area contributed by atoms with Crippen molar-refractivity contribution < 1.29 is 14.0 Å². The van der Waals surface area contributed by atoms with Gasteiger partial charge >= 0.3 is 0 Å². The van der Waals surface area contributed by atoms with Crippen molar-refractivity contribution >= 4 is 11.8 Å². The Kier molecular flexibility index (Phi) is 5.18. The van der Waals surface area contributed by atoms with E-state index in [0.717, 1.165) is 18.4 Å². The Morgan fingerprint density at radius 2 is 2.14 bits per heavy atom. The summed E-state index contributed by atoms with van der Waals surface area (Å²) in [5, 5.41) is 7.19. The number of carbonyl (C=O) groups excluding carboxylic acids is 2. The molecule has 3 aromatic rings. The molecule has 0 spiro atoms.